The van der Waals surface area contributed by atoms with E-state index in [1.807, 2.05) is 13.8 Å². The Balaban J connectivity index is 1.79. The van der Waals surface area contributed by atoms with Gasteiger partial charge in [0.15, 0.2) is 6.29 Å². The molecule has 2 unspecified atom stereocenters. The van der Waals surface area contributed by atoms with Gasteiger partial charge in [0, 0.05) is 38.3 Å². The van der Waals surface area contributed by atoms with Gasteiger partial charge in [0.1, 0.15) is 0 Å². The lowest BCUT2D eigenvalue weighted by atomic mass is 10.00. The van der Waals surface area contributed by atoms with E-state index in [1.54, 1.807) is 0 Å². The molecule has 0 aromatic carbocycles. The van der Waals surface area contributed by atoms with Crippen molar-refractivity contribution in [2.45, 2.75) is 70.4 Å². The highest BCUT2D eigenvalue weighted by Gasteiger charge is 2.39. The van der Waals surface area contributed by atoms with Crippen molar-refractivity contribution in [3.05, 3.63) is 0 Å². The molecule has 0 spiro atoms. The van der Waals surface area contributed by atoms with E-state index in [-0.39, 0.29) is 12.4 Å². The highest BCUT2D eigenvalue weighted by Crippen LogP contribution is 2.35. The topological polar surface area (TPSA) is 41.9 Å². The van der Waals surface area contributed by atoms with Crippen LogP contribution in [0.4, 0.5) is 0 Å². The van der Waals surface area contributed by atoms with Gasteiger partial charge in [-0.3, -0.25) is 4.90 Å². The fraction of sp³-hybridized carbons (Fsp3) is 1.00. The van der Waals surface area contributed by atoms with E-state index < -0.39 is 0 Å². The predicted octanol–water partition coefficient (Wildman–Crippen LogP) is 1.76. The van der Waals surface area contributed by atoms with Crippen molar-refractivity contribution in [1.82, 2.24) is 4.90 Å². The Kier molecular flexibility index (Phi) is 5.42. The van der Waals surface area contributed by atoms with E-state index in [2.05, 4.69) is 4.90 Å². The Morgan fingerprint density at radius 2 is 1.67 bits per heavy atom. The van der Waals surface area contributed by atoms with Crippen LogP contribution in [0.5, 0.6) is 0 Å². The van der Waals surface area contributed by atoms with Crippen molar-refractivity contribution in [3.63, 3.8) is 0 Å². The first-order valence-electron chi connectivity index (χ1n) is 7.41. The maximum atomic E-state index is 9.78. The Bertz CT molecular complexity index is 229. The first-order valence-corrected chi connectivity index (χ1v) is 7.41. The fourth-order valence-electron chi connectivity index (χ4n) is 3.45. The summed E-state index contributed by atoms with van der Waals surface area (Å²) < 4.78 is 11.2. The average molecular weight is 257 g/mol. The van der Waals surface area contributed by atoms with E-state index in [0.29, 0.717) is 25.3 Å². The minimum atomic E-state index is -0.0756. The zero-order valence-corrected chi connectivity index (χ0v) is 11.7. The van der Waals surface area contributed by atoms with E-state index >= 15 is 0 Å². The molecule has 2 rings (SSSR count). The summed E-state index contributed by atoms with van der Waals surface area (Å²) in [6.07, 6.45) is 5.19. The number of fused-ring (bicyclic) bond motifs is 2. The van der Waals surface area contributed by atoms with Crippen molar-refractivity contribution in [3.8, 4) is 0 Å². The average Bonchev–Trinajstić information content (AvgIpc) is 2.57. The molecule has 0 aliphatic carbocycles. The molecule has 2 saturated heterocycles. The molecule has 0 saturated carbocycles. The third kappa shape index (κ3) is 3.44. The molecule has 2 atom stereocenters. The number of hydrogen-bond donors (Lipinski definition) is 1. The molecule has 2 fully saturated rings. The summed E-state index contributed by atoms with van der Waals surface area (Å²) in [7, 11) is 0. The van der Waals surface area contributed by atoms with Gasteiger partial charge in [-0.15, -0.1) is 0 Å². The number of rotatable bonds is 7. The summed E-state index contributed by atoms with van der Waals surface area (Å²) in [5.41, 5.74) is 0. The molecular formula is C14H27NO3. The predicted molar refractivity (Wildman–Crippen MR) is 70.4 cm³/mol. The van der Waals surface area contributed by atoms with Crippen LogP contribution in [-0.2, 0) is 9.47 Å². The van der Waals surface area contributed by atoms with Crippen LogP contribution in [-0.4, -0.2) is 54.2 Å². The zero-order valence-electron chi connectivity index (χ0n) is 11.7. The number of aliphatic hydroxyl groups is 1. The third-order valence-corrected chi connectivity index (χ3v) is 4.19. The van der Waals surface area contributed by atoms with Crippen molar-refractivity contribution >= 4 is 0 Å². The van der Waals surface area contributed by atoms with Gasteiger partial charge < -0.3 is 14.6 Å². The number of aliphatic hydroxyl groups excluding tert-OH is 1. The number of nitrogens with zero attached hydrogens (tertiary/aromatic N) is 1. The highest BCUT2D eigenvalue weighted by molar-refractivity contribution is 4.95. The first-order chi connectivity index (χ1) is 8.74. The monoisotopic (exact) mass is 257 g/mol. The van der Waals surface area contributed by atoms with Crippen molar-refractivity contribution in [2.75, 3.05) is 19.8 Å². The molecule has 4 nitrogen and oxygen atoms in total. The second-order valence-corrected chi connectivity index (χ2v) is 5.38. The maximum absolute atomic E-state index is 9.78. The normalized spacial score (nSPS) is 32.3. The highest BCUT2D eigenvalue weighted by atomic mass is 16.7. The lowest BCUT2D eigenvalue weighted by Gasteiger charge is -2.37. The number of piperidine rings is 1. The van der Waals surface area contributed by atoms with Crippen LogP contribution in [0.25, 0.3) is 0 Å². The van der Waals surface area contributed by atoms with Gasteiger partial charge in [-0.2, -0.15) is 0 Å². The summed E-state index contributed by atoms with van der Waals surface area (Å²) >= 11 is 0. The summed E-state index contributed by atoms with van der Waals surface area (Å²) in [4.78, 5) is 2.57. The van der Waals surface area contributed by atoms with E-state index in [0.717, 1.165) is 25.8 Å². The second kappa shape index (κ2) is 6.85. The molecular weight excluding hydrogens is 230 g/mol. The van der Waals surface area contributed by atoms with Crippen LogP contribution in [0.2, 0.25) is 0 Å². The van der Waals surface area contributed by atoms with Gasteiger partial charge in [0.2, 0.25) is 0 Å². The molecule has 2 bridgehead atoms. The van der Waals surface area contributed by atoms with Crippen molar-refractivity contribution < 1.29 is 14.6 Å². The van der Waals surface area contributed by atoms with Gasteiger partial charge >= 0.3 is 0 Å². The third-order valence-electron chi connectivity index (χ3n) is 4.19. The zero-order chi connectivity index (χ0) is 13.0. The molecule has 0 aromatic heterocycles. The smallest absolute Gasteiger partial charge is 0.158 e. The lowest BCUT2D eigenvalue weighted by Crippen LogP contribution is -2.45. The maximum Gasteiger partial charge on any atom is 0.158 e. The van der Waals surface area contributed by atoms with Gasteiger partial charge in [0.05, 0.1) is 6.10 Å². The largest absolute Gasteiger partial charge is 0.393 e. The quantitative estimate of drug-likeness (QED) is 0.706. The van der Waals surface area contributed by atoms with Crippen LogP contribution < -0.4 is 0 Å². The van der Waals surface area contributed by atoms with Gasteiger partial charge in [-0.1, -0.05) is 0 Å². The molecule has 4 heteroatoms. The minimum Gasteiger partial charge on any atom is -0.393 e. The molecule has 106 valence electrons. The second-order valence-electron chi connectivity index (χ2n) is 5.38. The minimum absolute atomic E-state index is 0.0637. The van der Waals surface area contributed by atoms with Crippen molar-refractivity contribution in [2.24, 2.45) is 0 Å². The van der Waals surface area contributed by atoms with Crippen molar-refractivity contribution in [1.29, 1.82) is 0 Å². The summed E-state index contributed by atoms with van der Waals surface area (Å²) in [6, 6.07) is 1.17. The number of ether oxygens (including phenoxy) is 2. The fourth-order valence-corrected chi connectivity index (χ4v) is 3.45. The van der Waals surface area contributed by atoms with E-state index in [1.165, 1.54) is 12.8 Å². The van der Waals surface area contributed by atoms with Crippen LogP contribution in [0, 0.1) is 0 Å². The lowest BCUT2D eigenvalue weighted by molar-refractivity contribution is -0.143. The molecule has 2 aliphatic heterocycles. The van der Waals surface area contributed by atoms with Crippen LogP contribution in [0.3, 0.4) is 0 Å². The number of hydrogen-bond acceptors (Lipinski definition) is 4. The molecule has 2 heterocycles. The molecule has 2 aliphatic rings. The SMILES string of the molecule is CCOC(CCN1C2CCC1CC(O)C2)OCC. The van der Waals surface area contributed by atoms with Gasteiger partial charge in [-0.05, 0) is 39.5 Å². The van der Waals surface area contributed by atoms with Crippen LogP contribution in [0.15, 0.2) is 0 Å². The summed E-state index contributed by atoms with van der Waals surface area (Å²) in [6.45, 7) is 6.46. The molecule has 0 aromatic rings. The standard InChI is InChI=1S/C14H27NO3/c1-3-17-14(18-4-2)7-8-15-11-5-6-12(15)10-13(16)9-11/h11-14,16H,3-10H2,1-2H3. The molecule has 0 radical (unpaired) electrons. The Labute approximate surface area is 110 Å². The van der Waals surface area contributed by atoms with E-state index in [9.17, 15) is 5.11 Å². The van der Waals surface area contributed by atoms with Gasteiger partial charge in [-0.25, -0.2) is 0 Å². The Morgan fingerprint density at radius 3 is 2.17 bits per heavy atom. The Morgan fingerprint density at radius 1 is 1.11 bits per heavy atom. The van der Waals surface area contributed by atoms with Gasteiger partial charge in [0.25, 0.3) is 0 Å². The Hall–Kier alpha value is -0.160. The summed E-state index contributed by atoms with van der Waals surface area (Å²) in [5.74, 6) is 0. The first kappa shape index (κ1) is 14.3. The van der Waals surface area contributed by atoms with Crippen LogP contribution in [0.1, 0.15) is 46.0 Å². The molecule has 0 amide bonds. The van der Waals surface area contributed by atoms with Crippen LogP contribution >= 0.6 is 0 Å². The van der Waals surface area contributed by atoms with E-state index in [4.69, 9.17) is 9.47 Å². The molecule has 1 N–H and O–H groups in total. The summed E-state index contributed by atoms with van der Waals surface area (Å²) in [5, 5.41) is 9.78. The molecule has 18 heavy (non-hydrogen) atoms.